The van der Waals surface area contributed by atoms with E-state index in [4.69, 9.17) is 9.72 Å². The van der Waals surface area contributed by atoms with E-state index in [2.05, 4.69) is 31.1 Å². The van der Waals surface area contributed by atoms with Crippen molar-refractivity contribution in [3.63, 3.8) is 0 Å². The van der Waals surface area contributed by atoms with E-state index < -0.39 is 0 Å². The van der Waals surface area contributed by atoms with Gasteiger partial charge in [0.05, 0.1) is 18.8 Å². The average Bonchev–Trinajstić information content (AvgIpc) is 3.05. The van der Waals surface area contributed by atoms with Crippen molar-refractivity contribution in [3.8, 4) is 0 Å². The Hall–Kier alpha value is -1.79. The van der Waals surface area contributed by atoms with E-state index in [1.54, 1.807) is 28.5 Å². The molecule has 0 aromatic carbocycles. The summed E-state index contributed by atoms with van der Waals surface area (Å²) in [7, 11) is 0. The maximum absolute atomic E-state index is 12.5. The normalized spacial score (nSPS) is 18.9. The number of morpholine rings is 1. The van der Waals surface area contributed by atoms with Crippen molar-refractivity contribution in [2.24, 2.45) is 0 Å². The Labute approximate surface area is 140 Å². The van der Waals surface area contributed by atoms with Gasteiger partial charge in [-0.05, 0) is 12.1 Å². The highest BCUT2D eigenvalue weighted by atomic mass is 32.1. The van der Waals surface area contributed by atoms with Gasteiger partial charge in [0.15, 0.2) is 0 Å². The summed E-state index contributed by atoms with van der Waals surface area (Å²) in [5.41, 5.74) is 1.56. The summed E-state index contributed by atoms with van der Waals surface area (Å²) in [5.74, 6) is -0.0495. The summed E-state index contributed by atoms with van der Waals surface area (Å²) in [6.45, 7) is 8.06. The van der Waals surface area contributed by atoms with E-state index in [-0.39, 0.29) is 17.4 Å². The second kappa shape index (κ2) is 6.37. The molecule has 5 nitrogen and oxygen atoms in total. The molecule has 1 saturated heterocycles. The molecule has 0 radical (unpaired) electrons. The van der Waals surface area contributed by atoms with Gasteiger partial charge in [0.25, 0.3) is 5.91 Å². The Morgan fingerprint density at radius 2 is 2.22 bits per heavy atom. The molecule has 0 unspecified atom stereocenters. The van der Waals surface area contributed by atoms with E-state index in [9.17, 15) is 4.79 Å². The number of rotatable bonds is 2. The van der Waals surface area contributed by atoms with Crippen LogP contribution in [-0.4, -0.2) is 40.5 Å². The van der Waals surface area contributed by atoms with Gasteiger partial charge in [0, 0.05) is 23.5 Å². The number of nitrogens with zero attached hydrogens (tertiary/aromatic N) is 3. The van der Waals surface area contributed by atoms with Crippen molar-refractivity contribution in [2.75, 3.05) is 19.7 Å². The standard InChI is InChI=1S/C17H21N3O2S/c1-17(2,3)14-11-23-15(19-14)13-10-20(8-9-22-13)16(21)12-6-4-5-7-18-12/h4-7,11,13H,8-10H2,1-3H3/t13-/m1/s1. The average molecular weight is 331 g/mol. The minimum Gasteiger partial charge on any atom is -0.367 e. The number of pyridine rings is 1. The molecular formula is C17H21N3O2S. The van der Waals surface area contributed by atoms with E-state index >= 15 is 0 Å². The van der Waals surface area contributed by atoms with Gasteiger partial charge in [-0.3, -0.25) is 9.78 Å². The minimum atomic E-state index is -0.155. The van der Waals surface area contributed by atoms with Crippen LogP contribution in [0.1, 0.15) is 48.1 Å². The van der Waals surface area contributed by atoms with E-state index in [0.29, 0.717) is 25.4 Å². The van der Waals surface area contributed by atoms with Crippen molar-refractivity contribution in [1.29, 1.82) is 0 Å². The molecule has 2 aromatic rings. The van der Waals surface area contributed by atoms with Crippen LogP contribution < -0.4 is 0 Å². The molecular weight excluding hydrogens is 310 g/mol. The van der Waals surface area contributed by atoms with Gasteiger partial charge in [0.2, 0.25) is 0 Å². The number of carbonyl (C=O) groups excluding carboxylic acids is 1. The molecule has 3 rings (SSSR count). The largest absolute Gasteiger partial charge is 0.367 e. The number of aromatic nitrogens is 2. The molecule has 122 valence electrons. The third-order valence-corrected chi connectivity index (χ3v) is 4.74. The van der Waals surface area contributed by atoms with Crippen LogP contribution >= 0.6 is 11.3 Å². The van der Waals surface area contributed by atoms with Crippen molar-refractivity contribution in [1.82, 2.24) is 14.9 Å². The monoisotopic (exact) mass is 331 g/mol. The number of hydrogen-bond acceptors (Lipinski definition) is 5. The first kappa shape index (κ1) is 16.1. The van der Waals surface area contributed by atoms with Gasteiger partial charge >= 0.3 is 0 Å². The van der Waals surface area contributed by atoms with Gasteiger partial charge in [-0.25, -0.2) is 4.98 Å². The van der Waals surface area contributed by atoms with Crippen LogP contribution in [0.25, 0.3) is 0 Å². The number of hydrogen-bond donors (Lipinski definition) is 0. The van der Waals surface area contributed by atoms with Gasteiger partial charge in [-0.2, -0.15) is 0 Å². The van der Waals surface area contributed by atoms with Crippen LogP contribution in [0.15, 0.2) is 29.8 Å². The molecule has 0 bridgehead atoms. The summed E-state index contributed by atoms with van der Waals surface area (Å²) >= 11 is 1.60. The van der Waals surface area contributed by atoms with Crippen molar-refractivity contribution in [2.45, 2.75) is 32.3 Å². The number of ether oxygens (including phenoxy) is 1. The lowest BCUT2D eigenvalue weighted by atomic mass is 9.93. The number of carbonyl (C=O) groups is 1. The van der Waals surface area contributed by atoms with E-state index in [1.807, 2.05) is 12.1 Å². The second-order valence-electron chi connectivity index (χ2n) is 6.65. The van der Waals surface area contributed by atoms with Crippen LogP contribution in [0.2, 0.25) is 0 Å². The fourth-order valence-corrected chi connectivity index (χ4v) is 3.50. The lowest BCUT2D eigenvalue weighted by molar-refractivity contribution is -0.0231. The second-order valence-corrected chi connectivity index (χ2v) is 7.54. The third-order valence-electron chi connectivity index (χ3n) is 3.80. The van der Waals surface area contributed by atoms with Crippen LogP contribution in [0, 0.1) is 0 Å². The third kappa shape index (κ3) is 3.59. The maximum atomic E-state index is 12.5. The topological polar surface area (TPSA) is 55.3 Å². The molecule has 1 fully saturated rings. The van der Waals surface area contributed by atoms with Crippen LogP contribution in [0.4, 0.5) is 0 Å². The fourth-order valence-electron chi connectivity index (χ4n) is 2.41. The highest BCUT2D eigenvalue weighted by Crippen LogP contribution is 2.30. The highest BCUT2D eigenvalue weighted by Gasteiger charge is 2.29. The zero-order valence-corrected chi connectivity index (χ0v) is 14.5. The molecule has 2 aromatic heterocycles. The van der Waals surface area contributed by atoms with Gasteiger partial charge in [0.1, 0.15) is 16.8 Å². The summed E-state index contributed by atoms with van der Waals surface area (Å²) in [5, 5.41) is 3.02. The highest BCUT2D eigenvalue weighted by molar-refractivity contribution is 7.09. The lowest BCUT2D eigenvalue weighted by Gasteiger charge is -2.31. The summed E-state index contributed by atoms with van der Waals surface area (Å²) in [4.78, 5) is 23.2. The minimum absolute atomic E-state index is 0.0207. The van der Waals surface area contributed by atoms with Crippen LogP contribution in [0.5, 0.6) is 0 Å². The first-order chi connectivity index (χ1) is 10.9. The Balaban J connectivity index is 1.73. The Morgan fingerprint density at radius 3 is 2.87 bits per heavy atom. The Kier molecular flexibility index (Phi) is 4.46. The fraction of sp³-hybridized carbons (Fsp3) is 0.471. The number of amides is 1. The summed E-state index contributed by atoms with van der Waals surface area (Å²) < 4.78 is 5.84. The van der Waals surface area contributed by atoms with Crippen molar-refractivity contribution < 1.29 is 9.53 Å². The molecule has 23 heavy (non-hydrogen) atoms. The molecule has 1 atom stereocenters. The summed E-state index contributed by atoms with van der Waals surface area (Å²) in [6.07, 6.45) is 1.49. The molecule has 0 saturated carbocycles. The smallest absolute Gasteiger partial charge is 0.272 e. The zero-order valence-electron chi connectivity index (χ0n) is 13.7. The molecule has 1 aliphatic heterocycles. The Bertz CT molecular complexity index is 679. The SMILES string of the molecule is CC(C)(C)c1csc([C@H]2CN(C(=O)c3ccccn3)CCO2)n1. The molecule has 6 heteroatoms. The van der Waals surface area contributed by atoms with E-state index in [0.717, 1.165) is 10.7 Å². The predicted molar refractivity (Wildman–Crippen MR) is 89.6 cm³/mol. The summed E-state index contributed by atoms with van der Waals surface area (Å²) in [6, 6.07) is 5.38. The molecule has 3 heterocycles. The van der Waals surface area contributed by atoms with Crippen molar-refractivity contribution >= 4 is 17.2 Å². The quantitative estimate of drug-likeness (QED) is 0.849. The van der Waals surface area contributed by atoms with Gasteiger partial charge < -0.3 is 9.64 Å². The first-order valence-electron chi connectivity index (χ1n) is 7.73. The number of thiazole rings is 1. The molecule has 0 N–H and O–H groups in total. The molecule has 1 amide bonds. The predicted octanol–water partition coefficient (Wildman–Crippen LogP) is 3.05. The zero-order chi connectivity index (χ0) is 16.4. The Morgan fingerprint density at radius 1 is 1.39 bits per heavy atom. The maximum Gasteiger partial charge on any atom is 0.272 e. The molecule has 0 aliphatic carbocycles. The molecule has 0 spiro atoms. The van der Waals surface area contributed by atoms with Crippen LogP contribution in [-0.2, 0) is 10.2 Å². The first-order valence-corrected chi connectivity index (χ1v) is 8.61. The van der Waals surface area contributed by atoms with Crippen LogP contribution in [0.3, 0.4) is 0 Å². The van der Waals surface area contributed by atoms with E-state index in [1.165, 1.54) is 0 Å². The molecule has 1 aliphatic rings. The van der Waals surface area contributed by atoms with Gasteiger partial charge in [-0.15, -0.1) is 11.3 Å². The van der Waals surface area contributed by atoms with Crippen molar-refractivity contribution in [3.05, 3.63) is 46.2 Å². The lowest BCUT2D eigenvalue weighted by Crippen LogP contribution is -2.42. The van der Waals surface area contributed by atoms with Gasteiger partial charge in [-0.1, -0.05) is 26.8 Å².